The molecule has 0 aromatic heterocycles. The van der Waals surface area contributed by atoms with E-state index >= 15 is 0 Å². The van der Waals surface area contributed by atoms with Crippen LogP contribution >= 0.6 is 0 Å². The molecule has 0 atom stereocenters. The summed E-state index contributed by atoms with van der Waals surface area (Å²) in [4.78, 5) is 11.0. The molecule has 0 saturated carbocycles. The fourth-order valence-electron chi connectivity index (χ4n) is 0.974. The van der Waals surface area contributed by atoms with Gasteiger partial charge in [0, 0.05) is 6.07 Å². The van der Waals surface area contributed by atoms with Crippen molar-refractivity contribution in [2.24, 2.45) is 0 Å². The van der Waals surface area contributed by atoms with Crippen LogP contribution in [0, 0.1) is 5.82 Å². The van der Waals surface area contributed by atoms with Crippen molar-refractivity contribution in [3.05, 3.63) is 42.4 Å². The fraction of sp³-hybridized carbons (Fsp3) is 0.100. The van der Waals surface area contributed by atoms with Crippen molar-refractivity contribution in [3.63, 3.8) is 0 Å². The SMILES string of the molecule is C=COc1cc(F)ccc1C(C)=O. The van der Waals surface area contributed by atoms with Crippen molar-refractivity contribution >= 4 is 5.78 Å². The molecular weight excluding hydrogens is 171 g/mol. The zero-order chi connectivity index (χ0) is 9.84. The molecule has 0 unspecified atom stereocenters. The summed E-state index contributed by atoms with van der Waals surface area (Å²) in [5.41, 5.74) is 0.348. The third-order valence-corrected chi connectivity index (χ3v) is 1.53. The zero-order valence-corrected chi connectivity index (χ0v) is 7.21. The number of ketones is 1. The first kappa shape index (κ1) is 9.45. The summed E-state index contributed by atoms with van der Waals surface area (Å²) < 4.78 is 17.6. The van der Waals surface area contributed by atoms with E-state index in [9.17, 15) is 9.18 Å². The highest BCUT2D eigenvalue weighted by Gasteiger charge is 2.08. The number of benzene rings is 1. The Morgan fingerprint density at radius 2 is 2.31 bits per heavy atom. The molecule has 13 heavy (non-hydrogen) atoms. The highest BCUT2D eigenvalue weighted by atomic mass is 19.1. The van der Waals surface area contributed by atoms with Crippen LogP contribution in [-0.4, -0.2) is 5.78 Å². The first-order valence-electron chi connectivity index (χ1n) is 3.73. The highest BCUT2D eigenvalue weighted by Crippen LogP contribution is 2.20. The van der Waals surface area contributed by atoms with E-state index < -0.39 is 5.82 Å². The predicted molar refractivity (Wildman–Crippen MR) is 47.2 cm³/mol. The van der Waals surface area contributed by atoms with Crippen molar-refractivity contribution in [2.45, 2.75) is 6.92 Å². The third-order valence-electron chi connectivity index (χ3n) is 1.53. The van der Waals surface area contributed by atoms with Gasteiger partial charge in [0.25, 0.3) is 0 Å². The number of carbonyl (C=O) groups excluding carboxylic acids is 1. The lowest BCUT2D eigenvalue weighted by Crippen LogP contribution is -1.97. The number of hydrogen-bond donors (Lipinski definition) is 0. The van der Waals surface area contributed by atoms with Crippen LogP contribution in [-0.2, 0) is 0 Å². The van der Waals surface area contributed by atoms with Gasteiger partial charge in [-0.1, -0.05) is 6.58 Å². The second kappa shape index (κ2) is 3.85. The molecule has 0 N–H and O–H groups in total. The predicted octanol–water partition coefficient (Wildman–Crippen LogP) is 2.55. The Kier molecular flexibility index (Phi) is 2.80. The summed E-state index contributed by atoms with van der Waals surface area (Å²) in [5.74, 6) is -0.416. The molecule has 0 radical (unpaired) electrons. The van der Waals surface area contributed by atoms with Gasteiger partial charge >= 0.3 is 0 Å². The summed E-state index contributed by atoms with van der Waals surface area (Å²) in [6, 6.07) is 3.75. The third kappa shape index (κ3) is 2.15. The van der Waals surface area contributed by atoms with Crippen LogP contribution in [0.15, 0.2) is 31.0 Å². The Morgan fingerprint density at radius 3 is 2.85 bits per heavy atom. The number of Topliss-reactive ketones (excluding diaryl/α,β-unsaturated/α-hetero) is 1. The molecule has 0 fully saturated rings. The van der Waals surface area contributed by atoms with E-state index in [0.29, 0.717) is 5.56 Å². The van der Waals surface area contributed by atoms with E-state index in [2.05, 4.69) is 6.58 Å². The number of rotatable bonds is 3. The molecule has 0 bridgehead atoms. The molecule has 0 saturated heterocycles. The van der Waals surface area contributed by atoms with Gasteiger partial charge in [0.2, 0.25) is 0 Å². The molecule has 0 heterocycles. The molecule has 0 amide bonds. The summed E-state index contributed by atoms with van der Waals surface area (Å²) in [5, 5.41) is 0. The van der Waals surface area contributed by atoms with E-state index in [1.165, 1.54) is 19.1 Å². The molecule has 3 heteroatoms. The quantitative estimate of drug-likeness (QED) is 0.527. The Labute approximate surface area is 75.6 Å². The molecule has 0 aliphatic heterocycles. The van der Waals surface area contributed by atoms with Gasteiger partial charge in [-0.25, -0.2) is 4.39 Å². The molecule has 0 aliphatic rings. The first-order chi connectivity index (χ1) is 6.15. The molecule has 1 aromatic carbocycles. The lowest BCUT2D eigenvalue weighted by atomic mass is 10.1. The maximum absolute atomic E-state index is 12.7. The van der Waals surface area contributed by atoms with E-state index in [1.807, 2.05) is 0 Å². The van der Waals surface area contributed by atoms with Crippen LogP contribution < -0.4 is 4.74 Å². The smallest absolute Gasteiger partial charge is 0.163 e. The monoisotopic (exact) mass is 180 g/mol. The van der Waals surface area contributed by atoms with Crippen LogP contribution in [0.3, 0.4) is 0 Å². The minimum atomic E-state index is -0.443. The van der Waals surface area contributed by atoms with E-state index in [4.69, 9.17) is 4.74 Å². The van der Waals surface area contributed by atoms with Crippen LogP contribution in [0.25, 0.3) is 0 Å². The Bertz CT molecular complexity index is 345. The Hall–Kier alpha value is -1.64. The fourth-order valence-corrected chi connectivity index (χ4v) is 0.974. The minimum absolute atomic E-state index is 0.170. The van der Waals surface area contributed by atoms with E-state index in [0.717, 1.165) is 12.3 Å². The van der Waals surface area contributed by atoms with Gasteiger partial charge in [0.05, 0.1) is 11.8 Å². The van der Waals surface area contributed by atoms with Gasteiger partial charge in [0.1, 0.15) is 11.6 Å². The molecular formula is C10H9FO2. The summed E-state index contributed by atoms with van der Waals surface area (Å²) in [6.45, 7) is 4.72. The number of hydrogen-bond acceptors (Lipinski definition) is 2. The van der Waals surface area contributed by atoms with Crippen LogP contribution in [0.4, 0.5) is 4.39 Å². The lowest BCUT2D eigenvalue weighted by molar-refractivity contribution is 0.101. The largest absolute Gasteiger partial charge is 0.465 e. The average Bonchev–Trinajstić information content (AvgIpc) is 2.04. The maximum atomic E-state index is 12.7. The van der Waals surface area contributed by atoms with E-state index in [-0.39, 0.29) is 11.5 Å². The second-order valence-corrected chi connectivity index (χ2v) is 2.48. The molecule has 68 valence electrons. The van der Waals surface area contributed by atoms with Gasteiger partial charge < -0.3 is 4.74 Å². The van der Waals surface area contributed by atoms with Crippen molar-refractivity contribution in [1.82, 2.24) is 0 Å². The molecule has 0 spiro atoms. The highest BCUT2D eigenvalue weighted by molar-refractivity contribution is 5.96. The average molecular weight is 180 g/mol. The van der Waals surface area contributed by atoms with Crippen LogP contribution in [0.2, 0.25) is 0 Å². The van der Waals surface area contributed by atoms with Crippen molar-refractivity contribution in [1.29, 1.82) is 0 Å². The summed E-state index contributed by atoms with van der Waals surface area (Å²) >= 11 is 0. The van der Waals surface area contributed by atoms with Crippen molar-refractivity contribution in [2.75, 3.05) is 0 Å². The standard InChI is InChI=1S/C10H9FO2/c1-3-13-10-6-8(11)4-5-9(10)7(2)12/h3-6H,1H2,2H3. The maximum Gasteiger partial charge on any atom is 0.163 e. The zero-order valence-electron chi connectivity index (χ0n) is 7.21. The van der Waals surface area contributed by atoms with Gasteiger partial charge in [-0.2, -0.15) is 0 Å². The summed E-state index contributed by atoms with van der Waals surface area (Å²) in [6.07, 6.45) is 1.15. The molecule has 1 aromatic rings. The van der Waals surface area contributed by atoms with Gasteiger partial charge in [-0.15, -0.1) is 0 Å². The summed E-state index contributed by atoms with van der Waals surface area (Å²) in [7, 11) is 0. The molecule has 2 nitrogen and oxygen atoms in total. The molecule has 1 rings (SSSR count). The Morgan fingerprint density at radius 1 is 1.62 bits per heavy atom. The number of carbonyl (C=O) groups is 1. The van der Waals surface area contributed by atoms with Crippen LogP contribution in [0.1, 0.15) is 17.3 Å². The van der Waals surface area contributed by atoms with E-state index in [1.54, 1.807) is 0 Å². The number of ether oxygens (including phenoxy) is 1. The topological polar surface area (TPSA) is 26.3 Å². The van der Waals surface area contributed by atoms with Gasteiger partial charge in [-0.05, 0) is 19.1 Å². The molecule has 0 aliphatic carbocycles. The number of halogens is 1. The lowest BCUT2D eigenvalue weighted by Gasteiger charge is -2.04. The first-order valence-corrected chi connectivity index (χ1v) is 3.73. The van der Waals surface area contributed by atoms with Crippen LogP contribution in [0.5, 0.6) is 5.75 Å². The van der Waals surface area contributed by atoms with Crippen molar-refractivity contribution in [3.8, 4) is 5.75 Å². The normalized spacial score (nSPS) is 9.38. The minimum Gasteiger partial charge on any atom is -0.465 e. The van der Waals surface area contributed by atoms with Gasteiger partial charge in [-0.3, -0.25) is 4.79 Å². The van der Waals surface area contributed by atoms with Gasteiger partial charge in [0.15, 0.2) is 5.78 Å². The Balaban J connectivity index is 3.17. The van der Waals surface area contributed by atoms with Crippen molar-refractivity contribution < 1.29 is 13.9 Å². The second-order valence-electron chi connectivity index (χ2n) is 2.48.